The number of nitrogens with one attached hydrogen (secondary N) is 1. The number of carbonyl (C=O) groups is 1. The highest BCUT2D eigenvalue weighted by Crippen LogP contribution is 2.16. The lowest BCUT2D eigenvalue weighted by atomic mass is 10.2. The zero-order valence-corrected chi connectivity index (χ0v) is 12.0. The third-order valence-electron chi connectivity index (χ3n) is 3.15. The van der Waals surface area contributed by atoms with Gasteiger partial charge in [0.25, 0.3) is 0 Å². The van der Waals surface area contributed by atoms with Crippen LogP contribution >= 0.6 is 0 Å². The van der Waals surface area contributed by atoms with Crippen LogP contribution in [-0.2, 0) is 17.8 Å². The lowest BCUT2D eigenvalue weighted by Gasteiger charge is -2.15. The van der Waals surface area contributed by atoms with Crippen LogP contribution in [0.25, 0.3) is 11.6 Å². The number of aromatic nitrogens is 4. The molecule has 0 unspecified atom stereocenters. The van der Waals surface area contributed by atoms with E-state index < -0.39 is 0 Å². The van der Waals surface area contributed by atoms with Gasteiger partial charge < -0.3 is 13.8 Å². The summed E-state index contributed by atoms with van der Waals surface area (Å²) in [5.74, 6) is 1.33. The average Bonchev–Trinajstić information content (AvgIpc) is 3.25. The normalized spacial score (nSPS) is 10.8. The molecule has 0 spiro atoms. The highest BCUT2D eigenvalue weighted by molar-refractivity contribution is 5.75. The molecule has 3 rings (SSSR count). The quantitative estimate of drug-likeness (QED) is 0.742. The number of furan rings is 1. The molecule has 0 fully saturated rings. The van der Waals surface area contributed by atoms with E-state index in [-0.39, 0.29) is 5.91 Å². The molecule has 3 aromatic heterocycles. The summed E-state index contributed by atoms with van der Waals surface area (Å²) in [6, 6.07) is 5.33. The van der Waals surface area contributed by atoms with E-state index in [0.717, 1.165) is 5.69 Å². The summed E-state index contributed by atoms with van der Waals surface area (Å²) in [5.41, 5.74) is 0.883. The topological polar surface area (TPSA) is 101 Å². The Hall–Kier alpha value is -2.90. The Morgan fingerprint density at radius 1 is 1.41 bits per heavy atom. The fourth-order valence-electron chi connectivity index (χ4n) is 1.98. The molecule has 8 nitrogen and oxygen atoms in total. The predicted octanol–water partition coefficient (Wildman–Crippen LogP) is 1.64. The van der Waals surface area contributed by atoms with Crippen LogP contribution in [0.1, 0.15) is 18.0 Å². The van der Waals surface area contributed by atoms with Crippen LogP contribution in [0, 0.1) is 0 Å². The fraction of sp³-hybridized carbons (Fsp3) is 0.286. The summed E-state index contributed by atoms with van der Waals surface area (Å²) >= 11 is 0. The summed E-state index contributed by atoms with van der Waals surface area (Å²) in [4.78, 5) is 17.9. The number of amides is 1. The summed E-state index contributed by atoms with van der Waals surface area (Å²) < 4.78 is 10.3. The van der Waals surface area contributed by atoms with Crippen LogP contribution in [0.3, 0.4) is 0 Å². The molecule has 0 saturated heterocycles. The van der Waals surface area contributed by atoms with Crippen molar-refractivity contribution >= 4 is 5.91 Å². The van der Waals surface area contributed by atoms with Crippen LogP contribution in [0.15, 0.2) is 39.6 Å². The van der Waals surface area contributed by atoms with Gasteiger partial charge in [0.1, 0.15) is 0 Å². The molecule has 0 atom stereocenters. The molecule has 1 N–H and O–H groups in total. The van der Waals surface area contributed by atoms with E-state index in [9.17, 15) is 4.79 Å². The standard InChI is InChI=1S/C14H15N5O3/c1-19(9-10-6-7-15-17-10)13(20)5-4-12-16-14(18-22-12)11-3-2-8-21-11/h2-3,6-8H,4-5,9H2,1H3,(H,15,17). The van der Waals surface area contributed by atoms with E-state index >= 15 is 0 Å². The van der Waals surface area contributed by atoms with Crippen molar-refractivity contribution in [1.29, 1.82) is 0 Å². The second kappa shape index (κ2) is 6.25. The Kier molecular flexibility index (Phi) is 3.99. The molecule has 8 heteroatoms. The van der Waals surface area contributed by atoms with E-state index in [0.29, 0.717) is 36.9 Å². The fourth-order valence-corrected chi connectivity index (χ4v) is 1.98. The molecule has 22 heavy (non-hydrogen) atoms. The maximum atomic E-state index is 12.1. The van der Waals surface area contributed by atoms with E-state index in [1.807, 2.05) is 6.07 Å². The Bertz CT molecular complexity index is 718. The largest absolute Gasteiger partial charge is 0.461 e. The SMILES string of the molecule is CN(Cc1ccn[nH]1)C(=O)CCc1nc(-c2ccco2)no1. The number of hydrogen-bond donors (Lipinski definition) is 1. The first kappa shape index (κ1) is 14.1. The number of H-pyrrole nitrogens is 1. The van der Waals surface area contributed by atoms with Gasteiger partial charge in [-0.3, -0.25) is 9.89 Å². The summed E-state index contributed by atoms with van der Waals surface area (Å²) in [5, 5.41) is 10.5. The molecule has 0 aliphatic carbocycles. The lowest BCUT2D eigenvalue weighted by molar-refractivity contribution is -0.130. The maximum Gasteiger partial charge on any atom is 0.238 e. The van der Waals surface area contributed by atoms with Gasteiger partial charge in [0.05, 0.1) is 18.5 Å². The Labute approximate surface area is 126 Å². The van der Waals surface area contributed by atoms with Crippen molar-refractivity contribution in [3.8, 4) is 11.6 Å². The molecule has 0 saturated carbocycles. The Morgan fingerprint density at radius 3 is 3.05 bits per heavy atom. The molecule has 0 bridgehead atoms. The second-order valence-electron chi connectivity index (χ2n) is 4.82. The van der Waals surface area contributed by atoms with Crippen molar-refractivity contribution in [2.75, 3.05) is 7.05 Å². The summed E-state index contributed by atoms with van der Waals surface area (Å²) in [7, 11) is 1.74. The second-order valence-corrected chi connectivity index (χ2v) is 4.82. The molecule has 0 aliphatic rings. The third kappa shape index (κ3) is 3.22. The van der Waals surface area contributed by atoms with Gasteiger partial charge >= 0.3 is 0 Å². The number of nitrogens with zero attached hydrogens (tertiary/aromatic N) is 4. The van der Waals surface area contributed by atoms with Crippen molar-refractivity contribution in [1.82, 2.24) is 25.2 Å². The van der Waals surface area contributed by atoms with Crippen molar-refractivity contribution < 1.29 is 13.7 Å². The van der Waals surface area contributed by atoms with Crippen molar-refractivity contribution in [3.05, 3.63) is 42.2 Å². The molecular formula is C14H15N5O3. The third-order valence-corrected chi connectivity index (χ3v) is 3.15. The molecule has 0 aliphatic heterocycles. The highest BCUT2D eigenvalue weighted by Gasteiger charge is 2.14. The van der Waals surface area contributed by atoms with Crippen molar-refractivity contribution in [2.45, 2.75) is 19.4 Å². The van der Waals surface area contributed by atoms with Crippen molar-refractivity contribution in [3.63, 3.8) is 0 Å². The highest BCUT2D eigenvalue weighted by atomic mass is 16.5. The van der Waals surface area contributed by atoms with E-state index in [1.54, 1.807) is 36.5 Å². The number of aryl methyl sites for hydroxylation is 1. The van der Waals surface area contributed by atoms with Crippen LogP contribution in [0.5, 0.6) is 0 Å². The monoisotopic (exact) mass is 301 g/mol. The zero-order chi connectivity index (χ0) is 15.4. The van der Waals surface area contributed by atoms with Gasteiger partial charge in [-0.15, -0.1) is 0 Å². The maximum absolute atomic E-state index is 12.1. The number of hydrogen-bond acceptors (Lipinski definition) is 6. The van der Waals surface area contributed by atoms with Crippen LogP contribution in [0.4, 0.5) is 0 Å². The lowest BCUT2D eigenvalue weighted by Crippen LogP contribution is -2.26. The predicted molar refractivity (Wildman–Crippen MR) is 75.4 cm³/mol. The summed E-state index contributed by atoms with van der Waals surface area (Å²) in [6.45, 7) is 0.486. The van der Waals surface area contributed by atoms with Crippen LogP contribution in [0.2, 0.25) is 0 Å². The minimum atomic E-state index is -0.00708. The van der Waals surface area contributed by atoms with Crippen LogP contribution < -0.4 is 0 Å². The number of rotatable bonds is 6. The minimum Gasteiger partial charge on any atom is -0.461 e. The minimum absolute atomic E-state index is 0.00708. The Balaban J connectivity index is 1.52. The first-order valence-electron chi connectivity index (χ1n) is 6.81. The molecule has 3 aromatic rings. The van der Waals surface area contributed by atoms with Gasteiger partial charge in [-0.25, -0.2) is 0 Å². The van der Waals surface area contributed by atoms with Gasteiger partial charge in [-0.05, 0) is 18.2 Å². The first-order chi connectivity index (χ1) is 10.7. The molecule has 114 valence electrons. The van der Waals surface area contributed by atoms with E-state index in [2.05, 4.69) is 20.3 Å². The van der Waals surface area contributed by atoms with Crippen molar-refractivity contribution in [2.24, 2.45) is 0 Å². The smallest absolute Gasteiger partial charge is 0.238 e. The summed E-state index contributed by atoms with van der Waals surface area (Å²) in [6.07, 6.45) is 3.88. The van der Waals surface area contributed by atoms with Gasteiger partial charge in [0.15, 0.2) is 5.76 Å². The zero-order valence-electron chi connectivity index (χ0n) is 12.0. The van der Waals surface area contributed by atoms with E-state index in [1.165, 1.54) is 0 Å². The average molecular weight is 301 g/mol. The van der Waals surface area contributed by atoms with Gasteiger partial charge in [0.2, 0.25) is 17.6 Å². The molecule has 1 amide bonds. The molecule has 3 heterocycles. The van der Waals surface area contributed by atoms with Crippen LogP contribution in [-0.4, -0.2) is 38.2 Å². The molecule has 0 radical (unpaired) electrons. The van der Waals surface area contributed by atoms with E-state index in [4.69, 9.17) is 8.94 Å². The first-order valence-corrected chi connectivity index (χ1v) is 6.81. The molecule has 0 aromatic carbocycles. The van der Waals surface area contributed by atoms with Gasteiger partial charge in [-0.1, -0.05) is 5.16 Å². The number of aromatic amines is 1. The number of carbonyl (C=O) groups excluding carboxylic acids is 1. The molecular weight excluding hydrogens is 286 g/mol. The Morgan fingerprint density at radius 2 is 2.32 bits per heavy atom. The van der Waals surface area contributed by atoms with Gasteiger partial charge in [-0.2, -0.15) is 10.1 Å². The van der Waals surface area contributed by atoms with Gasteiger partial charge in [0, 0.05) is 26.1 Å².